The number of thioether (sulfide) groups is 1. The molecule has 4 rings (SSSR count). The van der Waals surface area contributed by atoms with Crippen molar-refractivity contribution in [2.45, 2.75) is 29.8 Å². The Morgan fingerprint density at radius 1 is 1.24 bits per heavy atom. The summed E-state index contributed by atoms with van der Waals surface area (Å²) >= 11 is 1.63. The summed E-state index contributed by atoms with van der Waals surface area (Å²) in [5, 5.41) is 7.66. The average molecular weight is 299 g/mol. The van der Waals surface area contributed by atoms with Crippen molar-refractivity contribution < 1.29 is 0 Å². The number of fused-ring (bicyclic) bond motifs is 2. The molecule has 1 fully saturated rings. The van der Waals surface area contributed by atoms with Crippen LogP contribution in [0.2, 0.25) is 0 Å². The zero-order valence-corrected chi connectivity index (χ0v) is 12.4. The van der Waals surface area contributed by atoms with E-state index in [9.17, 15) is 4.79 Å². The Morgan fingerprint density at radius 2 is 2.10 bits per heavy atom. The Bertz CT molecular complexity index is 719. The number of hydrogen-bond acceptors (Lipinski definition) is 3. The molecule has 108 valence electrons. The van der Waals surface area contributed by atoms with Crippen LogP contribution in [-0.4, -0.2) is 14.8 Å². The van der Waals surface area contributed by atoms with Gasteiger partial charge in [-0.2, -0.15) is 0 Å². The number of hydrogen-bond donors (Lipinski definition) is 1. The van der Waals surface area contributed by atoms with E-state index in [1.165, 1.54) is 12.0 Å². The van der Waals surface area contributed by atoms with Crippen molar-refractivity contribution >= 4 is 11.8 Å². The summed E-state index contributed by atoms with van der Waals surface area (Å²) in [7, 11) is 0. The first-order valence-electron chi connectivity index (χ1n) is 7.33. The summed E-state index contributed by atoms with van der Waals surface area (Å²) in [6.07, 6.45) is 6.82. The van der Waals surface area contributed by atoms with Gasteiger partial charge in [-0.3, -0.25) is 4.57 Å². The van der Waals surface area contributed by atoms with Crippen molar-refractivity contribution in [3.8, 4) is 0 Å². The van der Waals surface area contributed by atoms with E-state index in [1.807, 2.05) is 22.8 Å². The normalized spacial score (nSPS) is 26.6. The SMILES string of the molecule is O=c1[nH]nc(SCc2ccccc2)n1[C@H]1C[C@H]2C=C[C@H]1C2. The van der Waals surface area contributed by atoms with E-state index in [1.54, 1.807) is 11.8 Å². The van der Waals surface area contributed by atoms with Gasteiger partial charge in [0.25, 0.3) is 0 Å². The smallest absolute Gasteiger partial charge is 0.266 e. The average Bonchev–Trinajstić information content (AvgIpc) is 3.21. The second-order valence-corrected chi connectivity index (χ2v) is 6.75. The Labute approximate surface area is 127 Å². The van der Waals surface area contributed by atoms with Gasteiger partial charge in [0, 0.05) is 11.8 Å². The Kier molecular flexibility index (Phi) is 3.22. The minimum atomic E-state index is -0.0727. The van der Waals surface area contributed by atoms with Gasteiger partial charge in [0.1, 0.15) is 0 Å². The molecule has 1 aromatic carbocycles. The van der Waals surface area contributed by atoms with E-state index in [4.69, 9.17) is 0 Å². The summed E-state index contributed by atoms with van der Waals surface area (Å²) < 4.78 is 1.88. The molecule has 1 N–H and O–H groups in total. The first-order chi connectivity index (χ1) is 10.3. The minimum absolute atomic E-state index is 0.0727. The van der Waals surface area contributed by atoms with Crippen LogP contribution in [0.15, 0.2) is 52.4 Å². The van der Waals surface area contributed by atoms with E-state index in [0.29, 0.717) is 11.8 Å². The van der Waals surface area contributed by atoms with Gasteiger partial charge in [0.15, 0.2) is 5.16 Å². The minimum Gasteiger partial charge on any atom is -0.266 e. The van der Waals surface area contributed by atoms with Gasteiger partial charge in [-0.05, 0) is 30.2 Å². The molecule has 2 aliphatic rings. The van der Waals surface area contributed by atoms with Crippen LogP contribution < -0.4 is 5.69 Å². The van der Waals surface area contributed by atoms with Crippen LogP contribution in [0.1, 0.15) is 24.4 Å². The molecule has 0 unspecified atom stereocenters. The van der Waals surface area contributed by atoms with E-state index in [2.05, 4.69) is 34.5 Å². The number of H-pyrrole nitrogens is 1. The third-order valence-electron chi connectivity index (χ3n) is 4.46. The molecule has 2 bridgehead atoms. The number of benzene rings is 1. The molecule has 0 spiro atoms. The van der Waals surface area contributed by atoms with Gasteiger partial charge in [-0.15, -0.1) is 5.10 Å². The third kappa shape index (κ3) is 2.35. The predicted molar refractivity (Wildman–Crippen MR) is 83.2 cm³/mol. The standard InChI is InChI=1S/C16H17N3OS/c20-15-17-18-16(21-10-11-4-2-1-3-5-11)19(15)14-9-12-6-7-13(14)8-12/h1-7,12-14H,8-10H2,(H,17,20)/t12-,13-,14-/m0/s1. The van der Waals surface area contributed by atoms with Crippen molar-refractivity contribution in [3.63, 3.8) is 0 Å². The Hall–Kier alpha value is -1.75. The fraction of sp³-hybridized carbons (Fsp3) is 0.375. The second kappa shape index (κ2) is 5.22. The van der Waals surface area contributed by atoms with Crippen LogP contribution in [0.4, 0.5) is 0 Å². The molecular formula is C16H17N3OS. The van der Waals surface area contributed by atoms with Crippen molar-refractivity contribution in [1.29, 1.82) is 0 Å². The van der Waals surface area contributed by atoms with Gasteiger partial charge in [0.2, 0.25) is 0 Å². The molecule has 1 heterocycles. The second-order valence-electron chi connectivity index (χ2n) is 5.80. The van der Waals surface area contributed by atoms with Crippen LogP contribution in [0.3, 0.4) is 0 Å². The zero-order chi connectivity index (χ0) is 14.2. The first-order valence-corrected chi connectivity index (χ1v) is 8.32. The van der Waals surface area contributed by atoms with Crippen molar-refractivity contribution in [2.75, 3.05) is 0 Å². The molecule has 1 saturated carbocycles. The highest BCUT2D eigenvalue weighted by atomic mass is 32.2. The maximum Gasteiger partial charge on any atom is 0.344 e. The number of allylic oxidation sites excluding steroid dienone is 2. The summed E-state index contributed by atoms with van der Waals surface area (Å²) in [5.41, 5.74) is 1.17. The van der Waals surface area contributed by atoms with Gasteiger partial charge in [-0.25, -0.2) is 9.89 Å². The molecule has 1 aromatic heterocycles. The summed E-state index contributed by atoms with van der Waals surface area (Å²) in [6, 6.07) is 10.6. The molecule has 4 nitrogen and oxygen atoms in total. The molecule has 21 heavy (non-hydrogen) atoms. The molecule has 5 heteroatoms. The number of nitrogens with one attached hydrogen (secondary N) is 1. The van der Waals surface area contributed by atoms with Crippen molar-refractivity contribution in [3.05, 3.63) is 58.5 Å². The Morgan fingerprint density at radius 3 is 2.81 bits per heavy atom. The largest absolute Gasteiger partial charge is 0.344 e. The van der Waals surface area contributed by atoms with E-state index in [0.717, 1.165) is 17.3 Å². The predicted octanol–water partition coefficient (Wildman–Crippen LogP) is 3.00. The molecule has 0 saturated heterocycles. The number of aromatic nitrogens is 3. The molecule has 0 amide bonds. The lowest BCUT2D eigenvalue weighted by molar-refractivity contribution is 0.396. The van der Waals surface area contributed by atoms with Crippen LogP contribution in [0.25, 0.3) is 0 Å². The molecule has 3 atom stereocenters. The maximum atomic E-state index is 12.1. The van der Waals surface area contributed by atoms with Crippen LogP contribution in [-0.2, 0) is 5.75 Å². The van der Waals surface area contributed by atoms with Crippen LogP contribution in [0.5, 0.6) is 0 Å². The van der Waals surface area contributed by atoms with Crippen molar-refractivity contribution in [1.82, 2.24) is 14.8 Å². The lowest BCUT2D eigenvalue weighted by atomic mass is 10.0. The van der Waals surface area contributed by atoms with Gasteiger partial charge in [0.05, 0.1) is 0 Å². The fourth-order valence-electron chi connectivity index (χ4n) is 3.46. The third-order valence-corrected chi connectivity index (χ3v) is 5.48. The zero-order valence-electron chi connectivity index (χ0n) is 11.6. The van der Waals surface area contributed by atoms with Crippen molar-refractivity contribution in [2.24, 2.45) is 11.8 Å². The Balaban J connectivity index is 1.57. The van der Waals surface area contributed by atoms with Gasteiger partial charge >= 0.3 is 5.69 Å². The number of rotatable bonds is 4. The monoisotopic (exact) mass is 299 g/mol. The molecule has 2 aliphatic carbocycles. The van der Waals surface area contributed by atoms with Gasteiger partial charge in [-0.1, -0.05) is 54.2 Å². The van der Waals surface area contributed by atoms with Gasteiger partial charge < -0.3 is 0 Å². The summed E-state index contributed by atoms with van der Waals surface area (Å²) in [6.45, 7) is 0. The molecule has 0 aliphatic heterocycles. The fourth-order valence-corrected chi connectivity index (χ4v) is 4.41. The maximum absolute atomic E-state index is 12.1. The topological polar surface area (TPSA) is 50.7 Å². The highest BCUT2D eigenvalue weighted by Gasteiger charge is 2.38. The summed E-state index contributed by atoms with van der Waals surface area (Å²) in [4.78, 5) is 12.1. The van der Waals surface area contributed by atoms with E-state index >= 15 is 0 Å². The quantitative estimate of drug-likeness (QED) is 0.697. The van der Waals surface area contributed by atoms with Crippen LogP contribution in [0, 0.1) is 11.8 Å². The lowest BCUT2D eigenvalue weighted by Gasteiger charge is -2.20. The van der Waals surface area contributed by atoms with E-state index in [-0.39, 0.29) is 11.7 Å². The molecule has 0 radical (unpaired) electrons. The van der Waals surface area contributed by atoms with E-state index < -0.39 is 0 Å². The lowest BCUT2D eigenvalue weighted by Crippen LogP contribution is -2.25. The number of aromatic amines is 1. The highest BCUT2D eigenvalue weighted by Crippen LogP contribution is 2.46. The molecular weight excluding hydrogens is 282 g/mol. The molecule has 2 aromatic rings. The summed E-state index contributed by atoms with van der Waals surface area (Å²) in [5.74, 6) is 1.98. The van der Waals surface area contributed by atoms with Crippen LogP contribution >= 0.6 is 11.8 Å². The highest BCUT2D eigenvalue weighted by molar-refractivity contribution is 7.98. The number of nitrogens with zero attached hydrogens (tertiary/aromatic N) is 2. The first kappa shape index (κ1) is 13.0.